The number of ketones is 1. The number of nitrogens with two attached hydrogens (primary N) is 1. The Hall–Kier alpha value is -1.88. The van der Waals surface area contributed by atoms with Gasteiger partial charge in [0, 0.05) is 24.6 Å². The van der Waals surface area contributed by atoms with Crippen molar-refractivity contribution in [2.75, 3.05) is 26.2 Å². The molecule has 154 valence electrons. The van der Waals surface area contributed by atoms with Crippen LogP contribution in [-0.4, -0.2) is 36.9 Å². The number of carbonyl (C=O) groups is 1. The minimum Gasteiger partial charge on any atom is -0.329 e. The van der Waals surface area contributed by atoms with Crippen molar-refractivity contribution in [2.45, 2.75) is 30.9 Å². The number of carbonyl (C=O) groups excluding carboxylic acids is 1. The summed E-state index contributed by atoms with van der Waals surface area (Å²) < 4.78 is -0.131. The number of nitrogens with zero attached hydrogens (tertiary/aromatic N) is 1. The Labute approximate surface area is 179 Å². The first-order chi connectivity index (χ1) is 14.1. The first-order valence-corrected chi connectivity index (χ1v) is 11.3. The highest BCUT2D eigenvalue weighted by atomic mass is 32.2. The standard InChI is InChI=1S/C25H32N2OS/c1-3-29-25(2,19-26)23-11-7-8-20(18-23)12-15-27-16-13-22(14-17-27)24(28)21-9-5-4-6-10-21/h3-11,18,22H,1,12-17,19,26H2,2H3. The van der Waals surface area contributed by atoms with E-state index in [0.717, 1.165) is 44.5 Å². The summed E-state index contributed by atoms with van der Waals surface area (Å²) in [4.78, 5) is 15.1. The van der Waals surface area contributed by atoms with E-state index in [2.05, 4.69) is 42.7 Å². The van der Waals surface area contributed by atoms with Crippen LogP contribution in [0.5, 0.6) is 0 Å². The van der Waals surface area contributed by atoms with Crippen LogP contribution < -0.4 is 5.73 Å². The molecule has 0 radical (unpaired) electrons. The lowest BCUT2D eigenvalue weighted by atomic mass is 9.89. The Morgan fingerprint density at radius 3 is 2.59 bits per heavy atom. The van der Waals surface area contributed by atoms with Crippen molar-refractivity contribution < 1.29 is 4.79 Å². The molecule has 1 unspecified atom stereocenters. The number of hydrogen-bond acceptors (Lipinski definition) is 4. The molecule has 0 spiro atoms. The van der Waals surface area contributed by atoms with Crippen molar-refractivity contribution in [1.82, 2.24) is 4.90 Å². The van der Waals surface area contributed by atoms with Gasteiger partial charge in [0.15, 0.2) is 5.78 Å². The fraction of sp³-hybridized carbons (Fsp3) is 0.400. The van der Waals surface area contributed by atoms with Crippen molar-refractivity contribution in [3.63, 3.8) is 0 Å². The summed E-state index contributed by atoms with van der Waals surface area (Å²) in [5.74, 6) is 0.469. The highest BCUT2D eigenvalue weighted by Gasteiger charge is 2.26. The average molecular weight is 409 g/mol. The van der Waals surface area contributed by atoms with E-state index in [0.29, 0.717) is 12.3 Å². The summed E-state index contributed by atoms with van der Waals surface area (Å²) in [6.07, 6.45) is 2.93. The van der Waals surface area contributed by atoms with Crippen molar-refractivity contribution in [3.8, 4) is 0 Å². The Bertz CT molecular complexity index is 815. The fourth-order valence-corrected chi connectivity index (χ4v) is 4.74. The van der Waals surface area contributed by atoms with Gasteiger partial charge >= 0.3 is 0 Å². The van der Waals surface area contributed by atoms with Crippen LogP contribution in [0.2, 0.25) is 0 Å². The molecule has 3 nitrogen and oxygen atoms in total. The molecular weight excluding hydrogens is 376 g/mol. The summed E-state index contributed by atoms with van der Waals surface area (Å²) in [6, 6.07) is 18.5. The van der Waals surface area contributed by atoms with Crippen LogP contribution in [0.25, 0.3) is 0 Å². The highest BCUT2D eigenvalue weighted by molar-refractivity contribution is 8.03. The summed E-state index contributed by atoms with van der Waals surface area (Å²) in [5, 5.41) is 1.88. The molecular formula is C25H32N2OS. The fourth-order valence-electron chi connectivity index (χ4n) is 4.02. The van der Waals surface area contributed by atoms with Crippen molar-refractivity contribution in [1.29, 1.82) is 0 Å². The average Bonchev–Trinajstić information content (AvgIpc) is 2.78. The zero-order valence-corrected chi connectivity index (χ0v) is 18.2. The zero-order valence-electron chi connectivity index (χ0n) is 17.3. The van der Waals surface area contributed by atoms with Crippen LogP contribution in [0.1, 0.15) is 41.3 Å². The highest BCUT2D eigenvalue weighted by Crippen LogP contribution is 2.36. The molecule has 1 atom stereocenters. The lowest BCUT2D eigenvalue weighted by Gasteiger charge is -2.31. The van der Waals surface area contributed by atoms with E-state index in [1.807, 2.05) is 35.7 Å². The first-order valence-electron chi connectivity index (χ1n) is 10.5. The number of thioether (sulfide) groups is 1. The minimum absolute atomic E-state index is 0.131. The van der Waals surface area contributed by atoms with E-state index in [1.165, 1.54) is 11.1 Å². The Kier molecular flexibility index (Phi) is 7.70. The molecule has 3 rings (SSSR count). The van der Waals surface area contributed by atoms with E-state index in [-0.39, 0.29) is 10.7 Å². The normalized spacial score (nSPS) is 17.6. The quantitative estimate of drug-likeness (QED) is 0.601. The van der Waals surface area contributed by atoms with Crippen LogP contribution in [0.4, 0.5) is 0 Å². The second-order valence-electron chi connectivity index (χ2n) is 8.02. The molecule has 4 heteroatoms. The SMILES string of the molecule is C=CSC(C)(CN)c1cccc(CCN2CCC(C(=O)c3ccccc3)CC2)c1. The number of rotatable bonds is 9. The lowest BCUT2D eigenvalue weighted by molar-refractivity contribution is 0.0841. The van der Waals surface area contributed by atoms with Crippen LogP contribution >= 0.6 is 11.8 Å². The summed E-state index contributed by atoms with van der Waals surface area (Å²) in [7, 11) is 0. The third-order valence-electron chi connectivity index (χ3n) is 6.00. The van der Waals surface area contributed by atoms with Crippen LogP contribution in [0.15, 0.2) is 66.6 Å². The molecule has 2 aromatic carbocycles. The van der Waals surface area contributed by atoms with E-state index in [1.54, 1.807) is 11.8 Å². The van der Waals surface area contributed by atoms with Gasteiger partial charge in [0.05, 0.1) is 4.75 Å². The third-order valence-corrected chi connectivity index (χ3v) is 7.09. The predicted molar refractivity (Wildman–Crippen MR) is 124 cm³/mol. The van der Waals surface area contributed by atoms with E-state index in [9.17, 15) is 4.79 Å². The lowest BCUT2D eigenvalue weighted by Crippen LogP contribution is -2.37. The van der Waals surface area contributed by atoms with Crippen molar-refractivity contribution >= 4 is 17.5 Å². The topological polar surface area (TPSA) is 46.3 Å². The maximum atomic E-state index is 12.7. The summed E-state index contributed by atoms with van der Waals surface area (Å²) >= 11 is 1.68. The van der Waals surface area contributed by atoms with Gasteiger partial charge in [0.1, 0.15) is 0 Å². The van der Waals surface area contributed by atoms with E-state index >= 15 is 0 Å². The molecule has 29 heavy (non-hydrogen) atoms. The molecule has 1 saturated heterocycles. The zero-order chi connectivity index (χ0) is 20.7. The second-order valence-corrected chi connectivity index (χ2v) is 9.49. The van der Waals surface area contributed by atoms with E-state index < -0.39 is 0 Å². The van der Waals surface area contributed by atoms with Gasteiger partial charge in [0.2, 0.25) is 0 Å². The van der Waals surface area contributed by atoms with E-state index in [4.69, 9.17) is 5.73 Å². The smallest absolute Gasteiger partial charge is 0.166 e. The molecule has 0 aromatic heterocycles. The molecule has 2 N–H and O–H groups in total. The molecule has 1 aliphatic rings. The van der Waals surface area contributed by atoms with Gasteiger partial charge < -0.3 is 10.6 Å². The van der Waals surface area contributed by atoms with Gasteiger partial charge in [-0.15, -0.1) is 11.8 Å². The Morgan fingerprint density at radius 1 is 1.21 bits per heavy atom. The third kappa shape index (κ3) is 5.59. The summed E-state index contributed by atoms with van der Waals surface area (Å²) in [5.41, 5.74) is 9.49. The number of Topliss-reactive ketones (excluding diaryl/α,β-unsaturated/α-hetero) is 1. The molecule has 1 heterocycles. The predicted octanol–water partition coefficient (Wildman–Crippen LogP) is 4.87. The molecule has 1 aliphatic heterocycles. The number of benzene rings is 2. The monoisotopic (exact) mass is 408 g/mol. The number of hydrogen-bond donors (Lipinski definition) is 1. The Balaban J connectivity index is 1.52. The molecule has 1 fully saturated rings. The van der Waals surface area contributed by atoms with Crippen molar-refractivity contribution in [2.24, 2.45) is 11.7 Å². The number of likely N-dealkylation sites (tertiary alicyclic amines) is 1. The van der Waals surface area contributed by atoms with Crippen LogP contribution in [-0.2, 0) is 11.2 Å². The largest absolute Gasteiger partial charge is 0.329 e. The van der Waals surface area contributed by atoms with Crippen LogP contribution in [0, 0.1) is 5.92 Å². The number of piperidine rings is 1. The van der Waals surface area contributed by atoms with Gasteiger partial charge in [0.25, 0.3) is 0 Å². The maximum absolute atomic E-state index is 12.7. The summed E-state index contributed by atoms with van der Waals surface area (Å²) in [6.45, 7) is 9.63. The maximum Gasteiger partial charge on any atom is 0.166 e. The van der Waals surface area contributed by atoms with Gasteiger partial charge in [-0.25, -0.2) is 0 Å². The minimum atomic E-state index is -0.131. The van der Waals surface area contributed by atoms with Gasteiger partial charge in [-0.3, -0.25) is 4.79 Å². The molecule has 0 saturated carbocycles. The van der Waals surface area contributed by atoms with Crippen LogP contribution in [0.3, 0.4) is 0 Å². The molecule has 0 bridgehead atoms. The molecule has 2 aromatic rings. The van der Waals surface area contributed by atoms with Gasteiger partial charge in [-0.05, 0) is 55.8 Å². The second kappa shape index (κ2) is 10.2. The molecule has 0 amide bonds. The Morgan fingerprint density at radius 2 is 1.93 bits per heavy atom. The van der Waals surface area contributed by atoms with Crippen molar-refractivity contribution in [3.05, 3.63) is 83.3 Å². The van der Waals surface area contributed by atoms with Gasteiger partial charge in [-0.2, -0.15) is 0 Å². The van der Waals surface area contributed by atoms with Gasteiger partial charge in [-0.1, -0.05) is 61.2 Å². The molecule has 0 aliphatic carbocycles. The first kappa shape index (κ1) is 21.8.